The minimum absolute atomic E-state index is 0.539. The van der Waals surface area contributed by atoms with Crippen molar-refractivity contribution in [3.63, 3.8) is 0 Å². The van der Waals surface area contributed by atoms with E-state index in [0.717, 1.165) is 27.1 Å². The zero-order valence-electron chi connectivity index (χ0n) is 14.6. The average molecular weight is 396 g/mol. The molecule has 0 saturated heterocycles. The fraction of sp³-hybridized carbons (Fsp3) is 0.158. The van der Waals surface area contributed by atoms with Crippen LogP contribution in [0.25, 0.3) is 11.5 Å². The number of hydrogen-bond donors (Lipinski definition) is 1. The lowest BCUT2D eigenvalue weighted by Crippen LogP contribution is -1.98. The fourth-order valence-corrected chi connectivity index (χ4v) is 4.03. The number of hydrogen-bond acceptors (Lipinski definition) is 8. The van der Waals surface area contributed by atoms with Gasteiger partial charge in [-0.05, 0) is 24.6 Å². The van der Waals surface area contributed by atoms with E-state index in [0.29, 0.717) is 17.5 Å². The molecular weight excluding hydrogens is 378 g/mol. The zero-order chi connectivity index (χ0) is 18.5. The van der Waals surface area contributed by atoms with Gasteiger partial charge in [-0.25, -0.2) is 0 Å². The maximum atomic E-state index is 5.76. The Morgan fingerprint density at radius 1 is 1.00 bits per heavy atom. The second kappa shape index (κ2) is 8.32. The second-order valence-electron chi connectivity index (χ2n) is 5.87. The van der Waals surface area contributed by atoms with Gasteiger partial charge in [-0.1, -0.05) is 71.1 Å². The van der Waals surface area contributed by atoms with Gasteiger partial charge in [0.25, 0.3) is 0 Å². The molecule has 4 rings (SSSR count). The van der Waals surface area contributed by atoms with Crippen LogP contribution in [0.4, 0.5) is 5.13 Å². The largest absolute Gasteiger partial charge is 0.420 e. The number of aryl methyl sites for hydroxylation is 1. The van der Waals surface area contributed by atoms with Gasteiger partial charge in [-0.2, -0.15) is 0 Å². The maximum absolute atomic E-state index is 5.76. The van der Waals surface area contributed by atoms with Gasteiger partial charge in [-0.3, -0.25) is 0 Å². The molecule has 136 valence electrons. The Bertz CT molecular complexity index is 1020. The first-order chi connectivity index (χ1) is 13.3. The highest BCUT2D eigenvalue weighted by Gasteiger charge is 2.11. The summed E-state index contributed by atoms with van der Waals surface area (Å²) in [6.45, 7) is 2.76. The van der Waals surface area contributed by atoms with Crippen molar-refractivity contribution in [3.05, 3.63) is 71.6 Å². The number of benzene rings is 2. The zero-order valence-corrected chi connectivity index (χ0v) is 16.3. The van der Waals surface area contributed by atoms with Crippen LogP contribution in [0.3, 0.4) is 0 Å². The summed E-state index contributed by atoms with van der Waals surface area (Å²) < 4.78 is 6.62. The predicted octanol–water partition coefficient (Wildman–Crippen LogP) is 4.80. The van der Waals surface area contributed by atoms with E-state index in [1.807, 2.05) is 49.4 Å². The summed E-state index contributed by atoms with van der Waals surface area (Å²) in [7, 11) is 0. The molecule has 0 atom stereocenters. The van der Waals surface area contributed by atoms with E-state index >= 15 is 0 Å². The van der Waals surface area contributed by atoms with Crippen LogP contribution in [0, 0.1) is 6.92 Å². The molecule has 2 heterocycles. The third-order valence-electron chi connectivity index (χ3n) is 3.74. The standard InChI is InChI=1S/C19H17N5OS2/c1-13-6-5-9-15(10-13)17-22-21-16(25-17)12-26-19-24-23-18(27-19)20-11-14-7-3-2-4-8-14/h2-10H,11-12H2,1H3,(H,20,23). The van der Waals surface area contributed by atoms with Crippen LogP contribution in [0.1, 0.15) is 17.0 Å². The van der Waals surface area contributed by atoms with Crippen LogP contribution in [0.15, 0.2) is 63.4 Å². The van der Waals surface area contributed by atoms with E-state index in [2.05, 4.69) is 37.8 Å². The van der Waals surface area contributed by atoms with Crippen molar-refractivity contribution in [3.8, 4) is 11.5 Å². The highest BCUT2D eigenvalue weighted by atomic mass is 32.2. The molecule has 0 aliphatic rings. The number of aromatic nitrogens is 4. The van der Waals surface area contributed by atoms with Gasteiger partial charge in [0.05, 0.1) is 5.75 Å². The van der Waals surface area contributed by atoms with Crippen molar-refractivity contribution in [2.24, 2.45) is 0 Å². The van der Waals surface area contributed by atoms with E-state index < -0.39 is 0 Å². The minimum atomic E-state index is 0.539. The van der Waals surface area contributed by atoms with Crippen LogP contribution >= 0.6 is 23.1 Å². The van der Waals surface area contributed by atoms with E-state index in [1.54, 1.807) is 0 Å². The normalized spacial score (nSPS) is 10.9. The second-order valence-corrected chi connectivity index (χ2v) is 8.07. The lowest BCUT2D eigenvalue weighted by Gasteiger charge is -2.00. The summed E-state index contributed by atoms with van der Waals surface area (Å²) in [5.41, 5.74) is 3.30. The quantitative estimate of drug-likeness (QED) is 0.450. The monoisotopic (exact) mass is 395 g/mol. The van der Waals surface area contributed by atoms with Gasteiger partial charge < -0.3 is 9.73 Å². The third kappa shape index (κ3) is 4.72. The Labute approximate surface area is 165 Å². The van der Waals surface area contributed by atoms with Crippen molar-refractivity contribution < 1.29 is 4.42 Å². The Hall–Kier alpha value is -2.71. The Kier molecular flexibility index (Phi) is 5.45. The molecule has 0 amide bonds. The molecule has 0 aliphatic heterocycles. The molecule has 0 aliphatic carbocycles. The number of nitrogens with one attached hydrogen (secondary N) is 1. The molecule has 6 nitrogen and oxygen atoms in total. The number of anilines is 1. The topological polar surface area (TPSA) is 76.7 Å². The smallest absolute Gasteiger partial charge is 0.247 e. The molecule has 0 unspecified atom stereocenters. The molecule has 4 aromatic rings. The van der Waals surface area contributed by atoms with Gasteiger partial charge in [-0.15, -0.1) is 20.4 Å². The molecule has 8 heteroatoms. The van der Waals surface area contributed by atoms with Gasteiger partial charge >= 0.3 is 0 Å². The maximum Gasteiger partial charge on any atom is 0.247 e. The van der Waals surface area contributed by atoms with Crippen LogP contribution in [0.5, 0.6) is 0 Å². The van der Waals surface area contributed by atoms with Crippen LogP contribution < -0.4 is 5.32 Å². The van der Waals surface area contributed by atoms with Gasteiger partial charge in [0.2, 0.25) is 16.9 Å². The molecule has 0 radical (unpaired) electrons. The molecule has 0 fully saturated rings. The molecule has 2 aromatic carbocycles. The van der Waals surface area contributed by atoms with Crippen molar-refractivity contribution in [2.45, 2.75) is 23.6 Å². The SMILES string of the molecule is Cc1cccc(-c2nnc(CSc3nnc(NCc4ccccc4)s3)o2)c1. The Balaban J connectivity index is 1.32. The third-order valence-corrected chi connectivity index (χ3v) is 5.74. The van der Waals surface area contributed by atoms with Crippen LogP contribution in [0.2, 0.25) is 0 Å². The molecule has 0 saturated carbocycles. The minimum Gasteiger partial charge on any atom is -0.420 e. The van der Waals surface area contributed by atoms with Gasteiger partial charge in [0.15, 0.2) is 4.34 Å². The summed E-state index contributed by atoms with van der Waals surface area (Å²) in [4.78, 5) is 0. The van der Waals surface area contributed by atoms with Crippen molar-refractivity contribution in [1.29, 1.82) is 0 Å². The average Bonchev–Trinajstić information content (AvgIpc) is 3.35. The molecule has 27 heavy (non-hydrogen) atoms. The molecule has 0 spiro atoms. The highest BCUT2D eigenvalue weighted by molar-refractivity contribution is 8.00. The van der Waals surface area contributed by atoms with E-state index in [-0.39, 0.29) is 0 Å². The van der Waals surface area contributed by atoms with Crippen molar-refractivity contribution in [2.75, 3.05) is 5.32 Å². The molecule has 1 N–H and O–H groups in total. The number of nitrogens with zero attached hydrogens (tertiary/aromatic N) is 4. The first-order valence-corrected chi connectivity index (χ1v) is 10.2. The summed E-state index contributed by atoms with van der Waals surface area (Å²) in [5, 5.41) is 20.7. The van der Waals surface area contributed by atoms with Gasteiger partial charge in [0, 0.05) is 12.1 Å². The fourth-order valence-electron chi connectivity index (χ4n) is 2.44. The summed E-state index contributed by atoms with van der Waals surface area (Å²) >= 11 is 3.05. The first-order valence-electron chi connectivity index (χ1n) is 8.40. The summed E-state index contributed by atoms with van der Waals surface area (Å²) in [6.07, 6.45) is 0. The number of thioether (sulfide) groups is 1. The Morgan fingerprint density at radius 2 is 1.89 bits per heavy atom. The van der Waals surface area contributed by atoms with Crippen molar-refractivity contribution in [1.82, 2.24) is 20.4 Å². The van der Waals surface area contributed by atoms with E-state index in [1.165, 1.54) is 28.7 Å². The van der Waals surface area contributed by atoms with Gasteiger partial charge in [0.1, 0.15) is 0 Å². The number of rotatable bonds is 7. The summed E-state index contributed by atoms with van der Waals surface area (Å²) in [5.74, 6) is 1.67. The van der Waals surface area contributed by atoms with Crippen LogP contribution in [-0.2, 0) is 12.3 Å². The van der Waals surface area contributed by atoms with E-state index in [9.17, 15) is 0 Å². The first kappa shape index (κ1) is 17.7. The lowest BCUT2D eigenvalue weighted by atomic mass is 10.1. The predicted molar refractivity (Wildman–Crippen MR) is 108 cm³/mol. The Morgan fingerprint density at radius 3 is 2.74 bits per heavy atom. The van der Waals surface area contributed by atoms with Crippen LogP contribution in [-0.4, -0.2) is 20.4 Å². The molecule has 2 aromatic heterocycles. The lowest BCUT2D eigenvalue weighted by molar-refractivity contribution is 0.528. The molecular formula is C19H17N5OS2. The highest BCUT2D eigenvalue weighted by Crippen LogP contribution is 2.29. The summed E-state index contributed by atoms with van der Waals surface area (Å²) in [6, 6.07) is 18.2. The van der Waals surface area contributed by atoms with Crippen molar-refractivity contribution >= 4 is 28.2 Å². The molecule has 0 bridgehead atoms. The van der Waals surface area contributed by atoms with E-state index in [4.69, 9.17) is 4.42 Å².